The van der Waals surface area contributed by atoms with Crippen molar-refractivity contribution < 1.29 is 14.2 Å². The Bertz CT molecular complexity index is 963. The second-order valence-electron chi connectivity index (χ2n) is 7.98. The van der Waals surface area contributed by atoms with E-state index in [9.17, 15) is 5.26 Å². The van der Waals surface area contributed by atoms with Gasteiger partial charge in [0.15, 0.2) is 11.5 Å². The molecular weight excluding hydrogens is 368 g/mol. The first-order valence-corrected chi connectivity index (χ1v) is 9.87. The van der Waals surface area contributed by atoms with E-state index in [1.165, 1.54) is 0 Å². The Labute approximate surface area is 171 Å². The van der Waals surface area contributed by atoms with Gasteiger partial charge in [0.05, 0.1) is 24.7 Å². The van der Waals surface area contributed by atoms with Crippen LogP contribution >= 0.6 is 0 Å². The second-order valence-corrected chi connectivity index (χ2v) is 7.98. The number of nitriles is 1. The van der Waals surface area contributed by atoms with Crippen LogP contribution in [0.4, 0.5) is 0 Å². The van der Waals surface area contributed by atoms with Crippen molar-refractivity contribution in [3.05, 3.63) is 46.5 Å². The van der Waals surface area contributed by atoms with Crippen LogP contribution in [0.5, 0.6) is 17.4 Å². The Balaban J connectivity index is 2.17. The maximum atomic E-state index is 9.84. The van der Waals surface area contributed by atoms with Gasteiger partial charge in [-0.2, -0.15) is 5.26 Å². The Morgan fingerprint density at radius 2 is 2.00 bits per heavy atom. The largest absolute Gasteiger partial charge is 0.490 e. The Hall–Kier alpha value is -3.14. The fourth-order valence-electron chi connectivity index (χ4n) is 3.45. The highest BCUT2D eigenvalue weighted by Crippen LogP contribution is 2.46. The number of H-pyrrole nitrogens is 1. The zero-order valence-corrected chi connectivity index (χ0v) is 17.6. The van der Waals surface area contributed by atoms with Crippen molar-refractivity contribution >= 4 is 0 Å². The normalized spacial score (nSPS) is 16.1. The topological polar surface area (TPSA) is 106 Å². The van der Waals surface area contributed by atoms with Crippen molar-refractivity contribution in [3.8, 4) is 23.4 Å². The molecule has 1 aromatic carbocycles. The summed E-state index contributed by atoms with van der Waals surface area (Å²) in [5.74, 6) is 1.39. The zero-order chi connectivity index (χ0) is 21.2. The summed E-state index contributed by atoms with van der Waals surface area (Å²) in [6.45, 7) is 11.3. The quantitative estimate of drug-likeness (QED) is 0.761. The maximum absolute atomic E-state index is 9.84. The summed E-state index contributed by atoms with van der Waals surface area (Å²) in [7, 11) is 0. The molecule has 7 nitrogen and oxygen atoms in total. The van der Waals surface area contributed by atoms with E-state index < -0.39 is 5.92 Å². The van der Waals surface area contributed by atoms with E-state index in [0.29, 0.717) is 36.2 Å². The monoisotopic (exact) mass is 396 g/mol. The molecule has 0 radical (unpaired) electrons. The molecule has 0 spiro atoms. The molecule has 3 rings (SSSR count). The molecule has 0 bridgehead atoms. The fraction of sp³-hybridized carbons (Fsp3) is 0.455. The van der Waals surface area contributed by atoms with Crippen molar-refractivity contribution in [3.63, 3.8) is 0 Å². The number of aromatic nitrogens is 2. The van der Waals surface area contributed by atoms with Gasteiger partial charge in [-0.1, -0.05) is 33.8 Å². The number of nitrogens with one attached hydrogen (secondary N) is 1. The summed E-state index contributed by atoms with van der Waals surface area (Å²) in [6, 6.07) is 7.97. The number of benzene rings is 1. The maximum Gasteiger partial charge on any atom is 0.244 e. The summed E-state index contributed by atoms with van der Waals surface area (Å²) >= 11 is 0. The molecule has 1 aliphatic rings. The van der Waals surface area contributed by atoms with Crippen LogP contribution < -0.4 is 19.9 Å². The third-order valence-corrected chi connectivity index (χ3v) is 4.75. The molecule has 2 heterocycles. The van der Waals surface area contributed by atoms with Gasteiger partial charge < -0.3 is 19.9 Å². The summed E-state index contributed by atoms with van der Waals surface area (Å²) in [5, 5.41) is 17.2. The van der Waals surface area contributed by atoms with Crippen LogP contribution in [0.1, 0.15) is 63.8 Å². The molecule has 1 atom stereocenters. The van der Waals surface area contributed by atoms with Gasteiger partial charge in [-0.25, -0.2) is 0 Å². The van der Waals surface area contributed by atoms with E-state index in [2.05, 4.69) is 44.0 Å². The van der Waals surface area contributed by atoms with E-state index in [1.54, 1.807) is 0 Å². The number of allylic oxidation sites excluding steroid dienone is 1. The lowest BCUT2D eigenvalue weighted by molar-refractivity contribution is 0.276. The Morgan fingerprint density at radius 3 is 2.62 bits per heavy atom. The number of hydrogen-bond donors (Lipinski definition) is 2. The van der Waals surface area contributed by atoms with Crippen LogP contribution in [0.15, 0.2) is 29.7 Å². The van der Waals surface area contributed by atoms with Gasteiger partial charge in [-0.3, -0.25) is 5.10 Å². The van der Waals surface area contributed by atoms with Crippen LogP contribution in [-0.4, -0.2) is 23.4 Å². The first-order valence-electron chi connectivity index (χ1n) is 9.87. The molecule has 0 aliphatic carbocycles. The number of nitrogens with zero attached hydrogens (tertiary/aromatic N) is 2. The predicted molar refractivity (Wildman–Crippen MR) is 110 cm³/mol. The third kappa shape index (κ3) is 3.88. The highest BCUT2D eigenvalue weighted by atomic mass is 16.5. The molecule has 2 aromatic rings. The molecule has 1 aromatic heterocycles. The Kier molecular flexibility index (Phi) is 5.73. The molecule has 1 aliphatic heterocycles. The standard InChI is InChI=1S/C22H28N4O3/c1-6-10-28-15-9-8-13(11-16(15)27-7-2)17-14(12-23)20(24)29-21-18(17)19(25-26-21)22(3,4)5/h8-9,11,17H,6-7,10,24H2,1-5H3,(H,25,26). The highest BCUT2D eigenvalue weighted by Gasteiger charge is 2.38. The minimum atomic E-state index is -0.406. The number of nitrogens with two attached hydrogens (primary N) is 1. The van der Waals surface area contributed by atoms with Crippen LogP contribution in [0, 0.1) is 11.3 Å². The number of fused-ring (bicyclic) bond motifs is 1. The number of hydrogen-bond acceptors (Lipinski definition) is 6. The average Bonchev–Trinajstić information content (AvgIpc) is 3.09. The minimum Gasteiger partial charge on any atom is -0.490 e. The average molecular weight is 396 g/mol. The van der Waals surface area contributed by atoms with Gasteiger partial charge in [0.2, 0.25) is 11.8 Å². The van der Waals surface area contributed by atoms with Crippen LogP contribution in [0.25, 0.3) is 0 Å². The van der Waals surface area contributed by atoms with Crippen molar-refractivity contribution in [2.45, 2.75) is 52.4 Å². The second kappa shape index (κ2) is 8.08. The molecule has 7 heteroatoms. The van der Waals surface area contributed by atoms with E-state index >= 15 is 0 Å². The first kappa shape index (κ1) is 20.6. The molecule has 29 heavy (non-hydrogen) atoms. The summed E-state index contributed by atoms with van der Waals surface area (Å²) in [5.41, 5.74) is 8.80. The smallest absolute Gasteiger partial charge is 0.244 e. The van der Waals surface area contributed by atoms with Crippen LogP contribution in [0.2, 0.25) is 0 Å². The number of ether oxygens (including phenoxy) is 3. The number of rotatable bonds is 6. The lowest BCUT2D eigenvalue weighted by Gasteiger charge is -2.27. The lowest BCUT2D eigenvalue weighted by atomic mass is 9.79. The van der Waals surface area contributed by atoms with Crippen molar-refractivity contribution in [1.82, 2.24) is 10.2 Å². The third-order valence-electron chi connectivity index (χ3n) is 4.75. The Morgan fingerprint density at radius 1 is 1.24 bits per heavy atom. The van der Waals surface area contributed by atoms with E-state index in [4.69, 9.17) is 19.9 Å². The van der Waals surface area contributed by atoms with Gasteiger partial charge in [0, 0.05) is 11.1 Å². The molecule has 0 amide bonds. The van der Waals surface area contributed by atoms with Gasteiger partial charge >= 0.3 is 0 Å². The fourth-order valence-corrected chi connectivity index (χ4v) is 3.45. The molecular formula is C22H28N4O3. The molecule has 3 N–H and O–H groups in total. The van der Waals surface area contributed by atoms with E-state index in [0.717, 1.165) is 23.2 Å². The molecule has 1 unspecified atom stereocenters. The van der Waals surface area contributed by atoms with Gasteiger partial charge in [0.25, 0.3) is 0 Å². The molecule has 0 saturated heterocycles. The van der Waals surface area contributed by atoms with E-state index in [1.807, 2.05) is 25.1 Å². The summed E-state index contributed by atoms with van der Waals surface area (Å²) in [4.78, 5) is 0. The lowest BCUT2D eigenvalue weighted by Crippen LogP contribution is -2.24. The SMILES string of the molecule is CCCOc1ccc(C2C(C#N)=C(N)Oc3n[nH]c(C(C)(C)C)c32)cc1OCC. The van der Waals surface area contributed by atoms with Gasteiger partial charge in [-0.15, -0.1) is 5.10 Å². The van der Waals surface area contributed by atoms with E-state index in [-0.39, 0.29) is 11.3 Å². The molecule has 0 saturated carbocycles. The summed E-state index contributed by atoms with van der Waals surface area (Å²) in [6.07, 6.45) is 0.901. The van der Waals surface area contributed by atoms with Crippen molar-refractivity contribution in [1.29, 1.82) is 5.26 Å². The number of aromatic amines is 1. The van der Waals surface area contributed by atoms with Crippen molar-refractivity contribution in [2.75, 3.05) is 13.2 Å². The van der Waals surface area contributed by atoms with Crippen LogP contribution in [0.3, 0.4) is 0 Å². The highest BCUT2D eigenvalue weighted by molar-refractivity contribution is 5.58. The zero-order valence-electron chi connectivity index (χ0n) is 17.6. The van der Waals surface area contributed by atoms with Crippen LogP contribution in [-0.2, 0) is 5.41 Å². The van der Waals surface area contributed by atoms with Gasteiger partial charge in [-0.05, 0) is 31.0 Å². The minimum absolute atomic E-state index is 0.0706. The molecule has 154 valence electrons. The van der Waals surface area contributed by atoms with Gasteiger partial charge in [0.1, 0.15) is 11.6 Å². The summed E-state index contributed by atoms with van der Waals surface area (Å²) < 4.78 is 17.3. The molecule has 0 fully saturated rings. The first-order chi connectivity index (χ1) is 13.8. The predicted octanol–water partition coefficient (Wildman–Crippen LogP) is 4.11. The van der Waals surface area contributed by atoms with Crippen molar-refractivity contribution in [2.24, 2.45) is 5.73 Å².